The second kappa shape index (κ2) is 4.73. The van der Waals surface area contributed by atoms with Crippen LogP contribution in [0.2, 0.25) is 0 Å². The maximum absolute atomic E-state index is 13.4. The Kier molecular flexibility index (Phi) is 3.13. The third kappa shape index (κ3) is 2.47. The maximum Gasteiger partial charge on any atom is 0.377 e. The number of halogens is 1. The first kappa shape index (κ1) is 11.3. The fraction of sp³-hybridized carbons (Fsp3) is 0.182. The van der Waals surface area contributed by atoms with Gasteiger partial charge in [-0.25, -0.2) is 18.9 Å². The number of methoxy groups -OCH3 is 1. The summed E-state index contributed by atoms with van der Waals surface area (Å²) < 4.78 is 19.2. The molecule has 0 aliphatic heterocycles. The van der Waals surface area contributed by atoms with E-state index in [1.807, 2.05) is 0 Å². The molecule has 0 spiro atoms. The van der Waals surface area contributed by atoms with Crippen LogP contribution in [0.5, 0.6) is 0 Å². The molecule has 88 valence electrons. The number of benzene rings is 1. The molecule has 0 aliphatic rings. The van der Waals surface area contributed by atoms with E-state index in [9.17, 15) is 9.18 Å². The van der Waals surface area contributed by atoms with E-state index in [4.69, 9.17) is 0 Å². The van der Waals surface area contributed by atoms with Crippen LogP contribution in [0.1, 0.15) is 16.2 Å². The van der Waals surface area contributed by atoms with Gasteiger partial charge in [0.05, 0.1) is 13.7 Å². The summed E-state index contributed by atoms with van der Waals surface area (Å²) in [6.45, 7) is 0.219. The Morgan fingerprint density at radius 3 is 2.94 bits per heavy atom. The Bertz CT molecular complexity index is 539. The van der Waals surface area contributed by atoms with Crippen LogP contribution in [0.15, 0.2) is 30.6 Å². The standard InChI is InChI=1S/C11H10FN3O2/c1-17-11(16)10-13-7-15(14-10)6-8-4-2-3-5-9(8)12/h2-5,7H,6H2,1H3. The topological polar surface area (TPSA) is 57.0 Å². The first-order valence-electron chi connectivity index (χ1n) is 4.92. The van der Waals surface area contributed by atoms with Crippen molar-refractivity contribution in [3.63, 3.8) is 0 Å². The molecular weight excluding hydrogens is 225 g/mol. The van der Waals surface area contributed by atoms with Gasteiger partial charge >= 0.3 is 5.97 Å². The fourth-order valence-electron chi connectivity index (χ4n) is 1.36. The van der Waals surface area contributed by atoms with Crippen LogP contribution in [-0.4, -0.2) is 27.8 Å². The summed E-state index contributed by atoms with van der Waals surface area (Å²) in [7, 11) is 1.25. The van der Waals surface area contributed by atoms with E-state index in [1.54, 1.807) is 18.2 Å². The van der Waals surface area contributed by atoms with Crippen molar-refractivity contribution in [2.75, 3.05) is 7.11 Å². The second-order valence-corrected chi connectivity index (χ2v) is 3.35. The van der Waals surface area contributed by atoms with Crippen LogP contribution in [0.4, 0.5) is 4.39 Å². The van der Waals surface area contributed by atoms with Crippen molar-refractivity contribution in [2.45, 2.75) is 6.54 Å². The highest BCUT2D eigenvalue weighted by atomic mass is 19.1. The largest absolute Gasteiger partial charge is 0.463 e. The highest BCUT2D eigenvalue weighted by Gasteiger charge is 2.11. The molecule has 0 amide bonds. The summed E-state index contributed by atoms with van der Waals surface area (Å²) >= 11 is 0. The lowest BCUT2D eigenvalue weighted by molar-refractivity contribution is 0.0586. The second-order valence-electron chi connectivity index (χ2n) is 3.35. The molecule has 2 rings (SSSR count). The van der Waals surface area contributed by atoms with Gasteiger partial charge in [0.15, 0.2) is 0 Å². The molecule has 0 fully saturated rings. The number of hydrogen-bond donors (Lipinski definition) is 0. The average molecular weight is 235 g/mol. The Labute approximate surface area is 96.9 Å². The molecule has 6 heteroatoms. The number of hydrogen-bond acceptors (Lipinski definition) is 4. The molecule has 5 nitrogen and oxygen atoms in total. The van der Waals surface area contributed by atoms with Gasteiger partial charge in [0.25, 0.3) is 5.82 Å². The summed E-state index contributed by atoms with van der Waals surface area (Å²) in [6.07, 6.45) is 1.36. The minimum atomic E-state index is -0.614. The van der Waals surface area contributed by atoms with Crippen molar-refractivity contribution in [2.24, 2.45) is 0 Å². The zero-order valence-corrected chi connectivity index (χ0v) is 9.13. The first-order valence-corrected chi connectivity index (χ1v) is 4.92. The van der Waals surface area contributed by atoms with Gasteiger partial charge in [-0.2, -0.15) is 0 Å². The minimum Gasteiger partial charge on any atom is -0.463 e. The van der Waals surface area contributed by atoms with Gasteiger partial charge in [-0.15, -0.1) is 5.10 Å². The molecule has 0 atom stereocenters. The van der Waals surface area contributed by atoms with E-state index < -0.39 is 5.97 Å². The Morgan fingerprint density at radius 1 is 1.47 bits per heavy atom. The van der Waals surface area contributed by atoms with E-state index in [2.05, 4.69) is 14.8 Å². The lowest BCUT2D eigenvalue weighted by Crippen LogP contribution is -2.07. The predicted molar refractivity (Wildman–Crippen MR) is 56.9 cm³/mol. The van der Waals surface area contributed by atoms with Gasteiger partial charge in [-0.05, 0) is 6.07 Å². The quantitative estimate of drug-likeness (QED) is 0.751. The Hall–Kier alpha value is -2.24. The molecule has 0 saturated heterocycles. The van der Waals surface area contributed by atoms with E-state index in [1.165, 1.54) is 24.2 Å². The van der Waals surface area contributed by atoms with E-state index in [-0.39, 0.29) is 18.2 Å². The number of esters is 1. The molecule has 0 saturated carbocycles. The SMILES string of the molecule is COC(=O)c1ncn(Cc2ccccc2F)n1. The molecule has 1 heterocycles. The number of rotatable bonds is 3. The van der Waals surface area contributed by atoms with E-state index >= 15 is 0 Å². The smallest absolute Gasteiger partial charge is 0.377 e. The summed E-state index contributed by atoms with van der Waals surface area (Å²) in [4.78, 5) is 14.9. The van der Waals surface area contributed by atoms with Crippen LogP contribution in [-0.2, 0) is 11.3 Å². The van der Waals surface area contributed by atoms with Crippen molar-refractivity contribution in [3.05, 3.63) is 47.8 Å². The molecule has 2 aromatic rings. The number of nitrogens with zero attached hydrogens (tertiary/aromatic N) is 3. The highest BCUT2D eigenvalue weighted by molar-refractivity contribution is 5.84. The first-order chi connectivity index (χ1) is 8.20. The lowest BCUT2D eigenvalue weighted by Gasteiger charge is -2.01. The summed E-state index contributed by atoms with van der Waals surface area (Å²) in [5.74, 6) is -0.969. The molecule has 0 N–H and O–H groups in total. The van der Waals surface area contributed by atoms with Crippen molar-refractivity contribution in [1.29, 1.82) is 0 Å². The number of aromatic nitrogens is 3. The van der Waals surface area contributed by atoms with Crippen LogP contribution >= 0.6 is 0 Å². The van der Waals surface area contributed by atoms with E-state index in [0.29, 0.717) is 5.56 Å². The van der Waals surface area contributed by atoms with Gasteiger partial charge in [0.1, 0.15) is 12.1 Å². The normalized spacial score (nSPS) is 10.2. The van der Waals surface area contributed by atoms with Crippen LogP contribution in [0.3, 0.4) is 0 Å². The van der Waals surface area contributed by atoms with Gasteiger partial charge in [0, 0.05) is 5.56 Å². The summed E-state index contributed by atoms with van der Waals surface area (Å²) in [6, 6.07) is 6.36. The summed E-state index contributed by atoms with van der Waals surface area (Å²) in [5.41, 5.74) is 0.480. The van der Waals surface area contributed by atoms with Gasteiger partial charge in [-0.3, -0.25) is 0 Å². The van der Waals surface area contributed by atoms with Crippen molar-refractivity contribution >= 4 is 5.97 Å². The zero-order chi connectivity index (χ0) is 12.3. The number of carbonyl (C=O) groups excluding carboxylic acids is 1. The van der Waals surface area contributed by atoms with Gasteiger partial charge in [-0.1, -0.05) is 18.2 Å². The monoisotopic (exact) mass is 235 g/mol. The third-order valence-corrected chi connectivity index (χ3v) is 2.19. The maximum atomic E-state index is 13.4. The molecule has 0 radical (unpaired) electrons. The molecule has 1 aromatic carbocycles. The molecular formula is C11H10FN3O2. The number of carbonyl (C=O) groups is 1. The van der Waals surface area contributed by atoms with E-state index in [0.717, 1.165) is 0 Å². The Morgan fingerprint density at radius 2 is 2.24 bits per heavy atom. The van der Waals surface area contributed by atoms with Crippen LogP contribution in [0.25, 0.3) is 0 Å². The predicted octanol–water partition coefficient (Wildman–Crippen LogP) is 1.25. The molecule has 0 bridgehead atoms. The fourth-order valence-corrected chi connectivity index (χ4v) is 1.36. The van der Waals surface area contributed by atoms with Gasteiger partial charge < -0.3 is 4.74 Å². The minimum absolute atomic E-state index is 0.0381. The average Bonchev–Trinajstić information content (AvgIpc) is 2.80. The zero-order valence-electron chi connectivity index (χ0n) is 9.13. The highest BCUT2D eigenvalue weighted by Crippen LogP contribution is 2.07. The molecule has 0 unspecified atom stereocenters. The molecule has 17 heavy (non-hydrogen) atoms. The summed E-state index contributed by atoms with van der Waals surface area (Å²) in [5, 5.41) is 3.88. The van der Waals surface area contributed by atoms with Crippen LogP contribution < -0.4 is 0 Å². The third-order valence-electron chi connectivity index (χ3n) is 2.19. The van der Waals surface area contributed by atoms with Crippen molar-refractivity contribution < 1.29 is 13.9 Å². The molecule has 0 aliphatic carbocycles. The van der Waals surface area contributed by atoms with Crippen molar-refractivity contribution in [3.8, 4) is 0 Å². The number of ether oxygens (including phenoxy) is 1. The Balaban J connectivity index is 2.17. The van der Waals surface area contributed by atoms with Gasteiger partial charge in [0.2, 0.25) is 0 Å². The van der Waals surface area contributed by atoms with Crippen LogP contribution in [0, 0.1) is 5.82 Å². The van der Waals surface area contributed by atoms with Crippen molar-refractivity contribution in [1.82, 2.24) is 14.8 Å². The molecule has 1 aromatic heterocycles. The lowest BCUT2D eigenvalue weighted by atomic mass is 10.2.